The average Bonchev–Trinajstić information content (AvgIpc) is 3.42. The first-order chi connectivity index (χ1) is 12.2. The van der Waals surface area contributed by atoms with Gasteiger partial charge in [-0.2, -0.15) is 0 Å². The van der Waals surface area contributed by atoms with Crippen LogP contribution in [0.2, 0.25) is 0 Å². The highest BCUT2D eigenvalue weighted by Gasteiger charge is 2.40. The Hall–Kier alpha value is -2.82. The minimum absolute atomic E-state index is 0.0185. The summed E-state index contributed by atoms with van der Waals surface area (Å²) >= 11 is 0. The maximum Gasteiger partial charge on any atom is 0.419 e. The molecule has 0 bridgehead atoms. The molecule has 128 valence electrons. The monoisotopic (exact) mass is 337 g/mol. The third-order valence-corrected chi connectivity index (χ3v) is 4.82. The van der Waals surface area contributed by atoms with E-state index in [1.165, 1.54) is 18.2 Å². The third kappa shape index (κ3) is 2.76. The van der Waals surface area contributed by atoms with Crippen molar-refractivity contribution in [2.45, 2.75) is 24.8 Å². The van der Waals surface area contributed by atoms with Crippen LogP contribution in [0.15, 0.2) is 48.5 Å². The quantitative estimate of drug-likeness (QED) is 0.843. The van der Waals surface area contributed by atoms with Gasteiger partial charge in [0.05, 0.1) is 7.11 Å². The van der Waals surface area contributed by atoms with Gasteiger partial charge in [0.15, 0.2) is 0 Å². The fourth-order valence-electron chi connectivity index (χ4n) is 3.47. The van der Waals surface area contributed by atoms with Crippen molar-refractivity contribution in [2.24, 2.45) is 0 Å². The largest absolute Gasteiger partial charge is 0.452 e. The summed E-state index contributed by atoms with van der Waals surface area (Å²) in [4.78, 5) is 25.3. The van der Waals surface area contributed by atoms with E-state index in [0.29, 0.717) is 0 Å². The lowest BCUT2D eigenvalue weighted by atomic mass is 9.98. The van der Waals surface area contributed by atoms with E-state index in [4.69, 9.17) is 9.47 Å². The zero-order valence-corrected chi connectivity index (χ0v) is 14.0. The normalized spacial score (nSPS) is 15.2. The molecule has 0 aliphatic heterocycles. The van der Waals surface area contributed by atoms with Gasteiger partial charge in [-0.25, -0.2) is 14.5 Å². The number of nitrogens with zero attached hydrogens (tertiary/aromatic N) is 1. The Balaban J connectivity index is 1.55. The van der Waals surface area contributed by atoms with Crippen molar-refractivity contribution in [3.05, 3.63) is 59.7 Å². The van der Waals surface area contributed by atoms with Crippen LogP contribution >= 0.6 is 0 Å². The van der Waals surface area contributed by atoms with Gasteiger partial charge < -0.3 is 9.47 Å². The first-order valence-electron chi connectivity index (χ1n) is 8.43. The third-order valence-electron chi connectivity index (χ3n) is 4.82. The Kier molecular flexibility index (Phi) is 3.92. The van der Waals surface area contributed by atoms with Crippen LogP contribution in [0, 0.1) is 0 Å². The van der Waals surface area contributed by atoms with Crippen molar-refractivity contribution >= 4 is 12.2 Å². The highest BCUT2D eigenvalue weighted by atomic mass is 16.6. The Morgan fingerprint density at radius 2 is 1.52 bits per heavy atom. The summed E-state index contributed by atoms with van der Waals surface area (Å²) < 4.78 is 10.2. The lowest BCUT2D eigenvalue weighted by molar-refractivity contribution is 0.0822. The Labute approximate surface area is 146 Å². The van der Waals surface area contributed by atoms with Crippen molar-refractivity contribution in [1.82, 2.24) is 4.90 Å². The van der Waals surface area contributed by atoms with Crippen molar-refractivity contribution in [2.75, 3.05) is 13.7 Å². The molecule has 2 aliphatic carbocycles. The van der Waals surface area contributed by atoms with Crippen molar-refractivity contribution in [1.29, 1.82) is 0 Å². The van der Waals surface area contributed by atoms with Gasteiger partial charge in [0.2, 0.25) is 0 Å². The number of ether oxygens (including phenoxy) is 2. The smallest absolute Gasteiger partial charge is 0.419 e. The van der Waals surface area contributed by atoms with Crippen LogP contribution < -0.4 is 0 Å². The van der Waals surface area contributed by atoms with Crippen LogP contribution in [0.1, 0.15) is 29.9 Å². The molecule has 0 atom stereocenters. The van der Waals surface area contributed by atoms with Crippen LogP contribution in [0.4, 0.5) is 9.59 Å². The van der Waals surface area contributed by atoms with Gasteiger partial charge >= 0.3 is 12.2 Å². The second kappa shape index (κ2) is 6.24. The molecule has 4 rings (SSSR count). The van der Waals surface area contributed by atoms with Crippen molar-refractivity contribution < 1.29 is 19.1 Å². The summed E-state index contributed by atoms with van der Waals surface area (Å²) in [5.41, 5.74) is 4.64. The molecular formula is C20H19NO4. The van der Waals surface area contributed by atoms with Crippen LogP contribution in [0.25, 0.3) is 11.1 Å². The predicted molar refractivity (Wildman–Crippen MR) is 92.3 cm³/mol. The molecule has 2 aromatic rings. The highest BCUT2D eigenvalue weighted by Crippen LogP contribution is 2.44. The zero-order valence-electron chi connectivity index (χ0n) is 14.0. The molecule has 0 heterocycles. The number of hydrogen-bond acceptors (Lipinski definition) is 4. The van der Waals surface area contributed by atoms with Crippen LogP contribution in [0.5, 0.6) is 0 Å². The molecule has 25 heavy (non-hydrogen) atoms. The zero-order chi connectivity index (χ0) is 17.4. The Morgan fingerprint density at radius 3 is 2.04 bits per heavy atom. The van der Waals surface area contributed by atoms with Gasteiger partial charge in [-0.1, -0.05) is 48.5 Å². The van der Waals surface area contributed by atoms with E-state index in [9.17, 15) is 9.59 Å². The maximum absolute atomic E-state index is 12.4. The van der Waals surface area contributed by atoms with E-state index in [-0.39, 0.29) is 18.6 Å². The Bertz CT molecular complexity index is 782. The maximum atomic E-state index is 12.4. The highest BCUT2D eigenvalue weighted by molar-refractivity contribution is 5.88. The number of fused-ring (bicyclic) bond motifs is 3. The standard InChI is InChI=1S/C20H19NO4/c1-24-19(22)21(13-10-11-13)20(23)25-12-18-16-8-4-2-6-14(16)15-7-3-5-9-17(15)18/h2-9,13,18H,10-12H2,1H3. The van der Waals surface area contributed by atoms with Gasteiger partial charge in [-0.15, -0.1) is 0 Å². The van der Waals surface area contributed by atoms with E-state index >= 15 is 0 Å². The number of carbonyl (C=O) groups excluding carboxylic acids is 2. The van der Waals surface area contributed by atoms with Gasteiger partial charge in [-0.05, 0) is 35.1 Å². The van der Waals surface area contributed by atoms with E-state index in [1.807, 2.05) is 24.3 Å². The number of imide groups is 1. The van der Waals surface area contributed by atoms with E-state index in [0.717, 1.165) is 28.9 Å². The number of benzene rings is 2. The van der Waals surface area contributed by atoms with Crippen molar-refractivity contribution in [3.63, 3.8) is 0 Å². The van der Waals surface area contributed by atoms with E-state index in [2.05, 4.69) is 24.3 Å². The number of rotatable bonds is 3. The second-order valence-corrected chi connectivity index (χ2v) is 6.38. The summed E-state index contributed by atoms with van der Waals surface area (Å²) in [5.74, 6) is -0.0185. The van der Waals surface area contributed by atoms with Crippen LogP contribution in [-0.4, -0.2) is 36.8 Å². The predicted octanol–water partition coefficient (Wildman–Crippen LogP) is 4.17. The summed E-state index contributed by atoms with van der Waals surface area (Å²) in [6.07, 6.45) is 0.328. The summed E-state index contributed by atoms with van der Waals surface area (Å²) in [6, 6.07) is 16.2. The molecule has 2 aliphatic rings. The second-order valence-electron chi connectivity index (χ2n) is 6.38. The molecule has 0 spiro atoms. The number of carbonyl (C=O) groups is 2. The van der Waals surface area contributed by atoms with Crippen LogP contribution in [0.3, 0.4) is 0 Å². The Morgan fingerprint density at radius 1 is 0.960 bits per heavy atom. The van der Waals surface area contributed by atoms with Gasteiger partial charge in [-0.3, -0.25) is 0 Å². The lowest BCUT2D eigenvalue weighted by Crippen LogP contribution is -2.39. The average molecular weight is 337 g/mol. The minimum atomic E-state index is -0.653. The summed E-state index contributed by atoms with van der Waals surface area (Å²) in [7, 11) is 1.27. The molecule has 0 unspecified atom stereocenters. The fourth-order valence-corrected chi connectivity index (χ4v) is 3.47. The lowest BCUT2D eigenvalue weighted by Gasteiger charge is -2.20. The molecule has 0 N–H and O–H groups in total. The van der Waals surface area contributed by atoms with Gasteiger partial charge in [0.25, 0.3) is 0 Å². The van der Waals surface area contributed by atoms with Gasteiger partial charge in [0.1, 0.15) is 6.61 Å². The molecule has 0 radical (unpaired) electrons. The molecular weight excluding hydrogens is 318 g/mol. The molecule has 2 amide bonds. The SMILES string of the molecule is COC(=O)N(C(=O)OCC1c2ccccc2-c2ccccc21)C1CC1. The molecule has 5 heteroatoms. The minimum Gasteiger partial charge on any atom is -0.452 e. The molecule has 2 aromatic carbocycles. The summed E-state index contributed by atoms with van der Waals surface area (Å²) in [6.45, 7) is 0.201. The van der Waals surface area contributed by atoms with Crippen molar-refractivity contribution in [3.8, 4) is 11.1 Å². The molecule has 1 saturated carbocycles. The van der Waals surface area contributed by atoms with E-state index in [1.54, 1.807) is 0 Å². The topological polar surface area (TPSA) is 55.8 Å². The molecule has 0 saturated heterocycles. The van der Waals surface area contributed by atoms with E-state index < -0.39 is 12.2 Å². The molecule has 0 aromatic heterocycles. The number of hydrogen-bond donors (Lipinski definition) is 0. The van der Waals surface area contributed by atoms with Crippen LogP contribution in [-0.2, 0) is 9.47 Å². The number of methoxy groups -OCH3 is 1. The number of amides is 2. The fraction of sp³-hybridized carbons (Fsp3) is 0.300. The molecule has 5 nitrogen and oxygen atoms in total. The summed E-state index contributed by atoms with van der Waals surface area (Å²) in [5, 5.41) is 0. The molecule has 1 fully saturated rings. The first-order valence-corrected chi connectivity index (χ1v) is 8.43. The van der Waals surface area contributed by atoms with Gasteiger partial charge in [0, 0.05) is 12.0 Å². The first kappa shape index (κ1) is 15.7.